The minimum Gasteiger partial charge on any atom is -0.0955 e. The average molecular weight is 423 g/mol. The van der Waals surface area contributed by atoms with Gasteiger partial charge in [-0.2, -0.15) is 0 Å². The van der Waals surface area contributed by atoms with Crippen molar-refractivity contribution in [1.29, 1.82) is 0 Å². The summed E-state index contributed by atoms with van der Waals surface area (Å²) in [5.41, 5.74) is 7.57. The van der Waals surface area contributed by atoms with Crippen LogP contribution in [-0.2, 0) is 0 Å². The first kappa shape index (κ1) is 19.8. The third-order valence-electron chi connectivity index (χ3n) is 6.82. The molecule has 0 amide bonds. The summed E-state index contributed by atoms with van der Waals surface area (Å²) in [6, 6.07) is 33.1. The molecular weight excluding hydrogens is 396 g/mol. The van der Waals surface area contributed by atoms with Gasteiger partial charge in [0.15, 0.2) is 0 Å². The van der Waals surface area contributed by atoms with E-state index >= 15 is 0 Å². The highest BCUT2D eigenvalue weighted by atomic mass is 14.2. The van der Waals surface area contributed by atoms with E-state index in [2.05, 4.69) is 117 Å². The highest BCUT2D eigenvalue weighted by Gasteiger charge is 2.15. The summed E-state index contributed by atoms with van der Waals surface area (Å²) in [4.78, 5) is 0. The molecule has 0 heteroatoms. The van der Waals surface area contributed by atoms with Crippen LogP contribution in [-0.4, -0.2) is 0 Å². The molecule has 0 atom stereocenters. The molecule has 0 spiro atoms. The Bertz CT molecular complexity index is 1670. The van der Waals surface area contributed by atoms with Crippen LogP contribution < -0.4 is 10.4 Å². The van der Waals surface area contributed by atoms with Gasteiger partial charge in [-0.25, -0.2) is 0 Å². The summed E-state index contributed by atoms with van der Waals surface area (Å²) in [6.07, 6.45) is 7.00. The average Bonchev–Trinajstić information content (AvgIpc) is 2.87. The highest BCUT2D eigenvalue weighted by molar-refractivity contribution is 6.04. The van der Waals surface area contributed by atoms with E-state index in [-0.39, 0.29) is 0 Å². The standard InChI is InChI=1S/C33H26/c1-22(2)32-28-12-6-8-14-30(28)33(31-15-9-7-13-29(31)32)27-19-18-25-20-24(16-17-26(25)21-27)23-10-4-3-5-11-23/h3-6,8,10-21H,1,7,9H2,2H3. The quantitative estimate of drug-likeness (QED) is 0.279. The van der Waals surface area contributed by atoms with Gasteiger partial charge in [0, 0.05) is 0 Å². The first-order valence-corrected chi connectivity index (χ1v) is 11.7. The Morgan fingerprint density at radius 1 is 0.606 bits per heavy atom. The van der Waals surface area contributed by atoms with Gasteiger partial charge < -0.3 is 0 Å². The van der Waals surface area contributed by atoms with Crippen LogP contribution in [0.2, 0.25) is 0 Å². The van der Waals surface area contributed by atoms with Crippen LogP contribution in [0.3, 0.4) is 0 Å². The second-order valence-electron chi connectivity index (χ2n) is 9.03. The molecule has 6 rings (SSSR count). The first-order valence-electron chi connectivity index (χ1n) is 11.7. The largest absolute Gasteiger partial charge is 0.0955 e. The SMILES string of the molecule is C=C(C)c1c2c(c(-c3ccc4cc(-c5ccccc5)ccc4c3)c3ccccc13)=CCCC=2. The van der Waals surface area contributed by atoms with Gasteiger partial charge >= 0.3 is 0 Å². The third kappa shape index (κ3) is 3.31. The predicted molar refractivity (Wildman–Crippen MR) is 144 cm³/mol. The van der Waals surface area contributed by atoms with E-state index in [0.717, 1.165) is 18.4 Å². The van der Waals surface area contributed by atoms with Crippen molar-refractivity contribution in [3.63, 3.8) is 0 Å². The summed E-state index contributed by atoms with van der Waals surface area (Å²) in [7, 11) is 0. The lowest BCUT2D eigenvalue weighted by molar-refractivity contribution is 1.12. The van der Waals surface area contributed by atoms with Crippen molar-refractivity contribution >= 4 is 39.3 Å². The first-order chi connectivity index (χ1) is 16.2. The van der Waals surface area contributed by atoms with E-state index in [4.69, 9.17) is 0 Å². The Balaban J connectivity index is 1.62. The Hall–Kier alpha value is -3.90. The lowest BCUT2D eigenvalue weighted by Crippen LogP contribution is -2.32. The normalized spacial score (nSPS) is 12.8. The smallest absolute Gasteiger partial charge is 0.00295 e. The molecule has 5 aromatic carbocycles. The molecule has 1 aliphatic carbocycles. The zero-order valence-corrected chi connectivity index (χ0v) is 18.9. The van der Waals surface area contributed by atoms with Crippen LogP contribution in [0.15, 0.2) is 97.6 Å². The molecule has 0 saturated heterocycles. The zero-order valence-electron chi connectivity index (χ0n) is 18.9. The summed E-state index contributed by atoms with van der Waals surface area (Å²) in [5, 5.41) is 7.85. The summed E-state index contributed by atoms with van der Waals surface area (Å²) >= 11 is 0. The van der Waals surface area contributed by atoms with Gasteiger partial charge in [-0.15, -0.1) is 0 Å². The number of benzene rings is 5. The molecule has 1 aliphatic rings. The van der Waals surface area contributed by atoms with E-state index < -0.39 is 0 Å². The van der Waals surface area contributed by atoms with Crippen molar-refractivity contribution in [2.24, 2.45) is 0 Å². The van der Waals surface area contributed by atoms with Gasteiger partial charge in [0.2, 0.25) is 0 Å². The van der Waals surface area contributed by atoms with E-state index in [1.165, 1.54) is 59.8 Å². The molecule has 0 bridgehead atoms. The minimum atomic E-state index is 1.09. The van der Waals surface area contributed by atoms with Gasteiger partial charge in [-0.3, -0.25) is 0 Å². The number of fused-ring (bicyclic) bond motifs is 3. The molecule has 0 nitrogen and oxygen atoms in total. The highest BCUT2D eigenvalue weighted by Crippen LogP contribution is 2.32. The van der Waals surface area contributed by atoms with Gasteiger partial charge in [0.25, 0.3) is 0 Å². The number of allylic oxidation sites excluding steroid dienone is 1. The number of hydrogen-bond acceptors (Lipinski definition) is 0. The minimum absolute atomic E-state index is 1.09. The van der Waals surface area contributed by atoms with E-state index in [1.807, 2.05) is 0 Å². The Morgan fingerprint density at radius 3 is 1.94 bits per heavy atom. The van der Waals surface area contributed by atoms with Crippen molar-refractivity contribution in [1.82, 2.24) is 0 Å². The fraction of sp³-hybridized carbons (Fsp3) is 0.0909. The zero-order chi connectivity index (χ0) is 22.4. The van der Waals surface area contributed by atoms with Crippen molar-refractivity contribution in [2.75, 3.05) is 0 Å². The van der Waals surface area contributed by atoms with Crippen LogP contribution in [0.5, 0.6) is 0 Å². The Morgan fingerprint density at radius 2 is 1.21 bits per heavy atom. The van der Waals surface area contributed by atoms with Crippen LogP contribution in [0.25, 0.3) is 61.5 Å². The molecule has 5 aromatic rings. The molecule has 0 fully saturated rings. The summed E-state index contributed by atoms with van der Waals surface area (Å²) in [5.74, 6) is 0. The monoisotopic (exact) mass is 422 g/mol. The molecule has 0 saturated carbocycles. The molecule has 158 valence electrons. The van der Waals surface area contributed by atoms with E-state index in [9.17, 15) is 0 Å². The Kier molecular flexibility index (Phi) is 4.73. The maximum Gasteiger partial charge on any atom is -0.00295 e. The fourth-order valence-corrected chi connectivity index (χ4v) is 5.34. The topological polar surface area (TPSA) is 0 Å². The van der Waals surface area contributed by atoms with Crippen molar-refractivity contribution in [3.05, 3.63) is 114 Å². The molecule has 0 N–H and O–H groups in total. The van der Waals surface area contributed by atoms with Gasteiger partial charge in [-0.05, 0) is 97.3 Å². The second-order valence-corrected chi connectivity index (χ2v) is 9.03. The Labute approximate surface area is 194 Å². The lowest BCUT2D eigenvalue weighted by atomic mass is 9.86. The van der Waals surface area contributed by atoms with Gasteiger partial charge in [0.05, 0.1) is 0 Å². The van der Waals surface area contributed by atoms with Crippen molar-refractivity contribution in [3.8, 4) is 22.3 Å². The molecule has 0 heterocycles. The van der Waals surface area contributed by atoms with Crippen LogP contribution in [0.1, 0.15) is 25.3 Å². The molecule has 0 unspecified atom stereocenters. The fourth-order valence-electron chi connectivity index (χ4n) is 5.34. The number of rotatable bonds is 3. The molecular formula is C33H26. The van der Waals surface area contributed by atoms with E-state index in [1.54, 1.807) is 0 Å². The molecule has 0 aromatic heterocycles. The van der Waals surface area contributed by atoms with Crippen LogP contribution in [0.4, 0.5) is 0 Å². The molecule has 0 aliphatic heterocycles. The second kappa shape index (κ2) is 7.90. The third-order valence-corrected chi connectivity index (χ3v) is 6.82. The van der Waals surface area contributed by atoms with E-state index in [0.29, 0.717) is 0 Å². The maximum atomic E-state index is 4.33. The summed E-state index contributed by atoms with van der Waals surface area (Å²) < 4.78 is 0. The summed E-state index contributed by atoms with van der Waals surface area (Å²) in [6.45, 7) is 6.46. The van der Waals surface area contributed by atoms with Gasteiger partial charge in [0.1, 0.15) is 0 Å². The molecule has 0 radical (unpaired) electrons. The van der Waals surface area contributed by atoms with Crippen LogP contribution >= 0.6 is 0 Å². The van der Waals surface area contributed by atoms with Gasteiger partial charge in [-0.1, -0.05) is 97.6 Å². The predicted octanol–water partition coefficient (Wildman–Crippen LogP) is 7.71. The van der Waals surface area contributed by atoms with Crippen molar-refractivity contribution < 1.29 is 0 Å². The lowest BCUT2D eigenvalue weighted by Gasteiger charge is -2.17. The maximum absolute atomic E-state index is 4.33. The number of hydrogen-bond donors (Lipinski definition) is 0. The molecule has 33 heavy (non-hydrogen) atoms. The van der Waals surface area contributed by atoms with Crippen LogP contribution in [0, 0.1) is 0 Å². The van der Waals surface area contributed by atoms with Crippen molar-refractivity contribution in [2.45, 2.75) is 19.8 Å².